The topological polar surface area (TPSA) is 0 Å². The van der Waals surface area contributed by atoms with Crippen molar-refractivity contribution in [2.75, 3.05) is 0 Å². The molecule has 0 N–H and O–H groups in total. The van der Waals surface area contributed by atoms with Gasteiger partial charge in [0.2, 0.25) is 0 Å². The molecule has 0 aliphatic heterocycles. The quantitative estimate of drug-likeness (QED) is 0.506. The summed E-state index contributed by atoms with van der Waals surface area (Å²) in [6.07, 6.45) is 1.18. The van der Waals surface area contributed by atoms with Gasteiger partial charge in [-0.3, -0.25) is 0 Å². The van der Waals surface area contributed by atoms with Gasteiger partial charge in [-0.1, -0.05) is 48.5 Å². The van der Waals surface area contributed by atoms with Gasteiger partial charge >= 0.3 is 0 Å². The van der Waals surface area contributed by atoms with Crippen LogP contribution in [0.15, 0.2) is 48.5 Å². The van der Waals surface area contributed by atoms with Crippen LogP contribution in [0.5, 0.6) is 0 Å². The fourth-order valence-corrected chi connectivity index (χ4v) is 6.36. The molecule has 3 aromatic rings. The summed E-state index contributed by atoms with van der Waals surface area (Å²) in [5, 5.41) is 3.32. The number of benzene rings is 2. The zero-order chi connectivity index (χ0) is 16.1. The molecule has 1 unspecified atom stereocenters. The van der Waals surface area contributed by atoms with E-state index in [1.165, 1.54) is 34.2 Å². The highest BCUT2D eigenvalue weighted by molar-refractivity contribution is 7.49. The monoisotopic (exact) mass is 318 g/mol. The Kier molecular flexibility index (Phi) is 3.47. The SMILES string of the molecule is Cc1c(C)c(CC2c3ccccc3-c3ccccc32)p(C)c1C. The highest BCUT2D eigenvalue weighted by Gasteiger charge is 2.29. The van der Waals surface area contributed by atoms with Crippen molar-refractivity contribution in [2.24, 2.45) is 6.66 Å². The lowest BCUT2D eigenvalue weighted by Crippen LogP contribution is -2.01. The third-order valence-corrected chi connectivity index (χ3v) is 8.48. The van der Waals surface area contributed by atoms with E-state index >= 15 is 0 Å². The first-order chi connectivity index (χ1) is 11.1. The van der Waals surface area contributed by atoms with Crippen molar-refractivity contribution < 1.29 is 0 Å². The lowest BCUT2D eigenvalue weighted by atomic mass is 9.92. The predicted octanol–water partition coefficient (Wildman–Crippen LogP) is 6.49. The Morgan fingerprint density at radius 2 is 1.30 bits per heavy atom. The average molecular weight is 318 g/mol. The van der Waals surface area contributed by atoms with Gasteiger partial charge in [0.1, 0.15) is 0 Å². The van der Waals surface area contributed by atoms with Crippen LogP contribution in [-0.2, 0) is 13.1 Å². The fourth-order valence-electron chi connectivity index (χ4n) is 4.16. The largest absolute Gasteiger partial charge is 0.121 e. The van der Waals surface area contributed by atoms with Crippen LogP contribution in [0.4, 0.5) is 0 Å². The normalized spacial score (nSPS) is 14.0. The fraction of sp³-hybridized carbons (Fsp3) is 0.273. The van der Waals surface area contributed by atoms with Gasteiger partial charge in [-0.25, -0.2) is 0 Å². The molecule has 0 amide bonds. The van der Waals surface area contributed by atoms with Gasteiger partial charge in [0, 0.05) is 5.92 Å². The Labute approximate surface area is 140 Å². The first-order valence-corrected chi connectivity index (χ1v) is 10.2. The Hall–Kier alpha value is -1.78. The number of hydrogen-bond donors (Lipinski definition) is 0. The number of rotatable bonds is 2. The molecule has 1 aliphatic rings. The lowest BCUT2D eigenvalue weighted by molar-refractivity contribution is 0.834. The summed E-state index contributed by atoms with van der Waals surface area (Å²) in [5.41, 5.74) is 8.99. The molecule has 1 heterocycles. The van der Waals surface area contributed by atoms with Crippen LogP contribution >= 0.6 is 7.53 Å². The van der Waals surface area contributed by atoms with Crippen molar-refractivity contribution >= 4 is 7.53 Å². The van der Waals surface area contributed by atoms with E-state index in [-0.39, 0.29) is 7.53 Å². The van der Waals surface area contributed by atoms with Crippen molar-refractivity contribution in [3.8, 4) is 11.1 Å². The van der Waals surface area contributed by atoms with Crippen LogP contribution in [0.1, 0.15) is 38.8 Å². The molecule has 0 radical (unpaired) electrons. The maximum absolute atomic E-state index is 2.44. The molecule has 2 aromatic carbocycles. The zero-order valence-corrected chi connectivity index (χ0v) is 15.2. The molecule has 1 aliphatic carbocycles. The third-order valence-electron chi connectivity index (χ3n) is 5.81. The van der Waals surface area contributed by atoms with E-state index in [0.29, 0.717) is 5.92 Å². The van der Waals surface area contributed by atoms with Gasteiger partial charge in [-0.2, -0.15) is 0 Å². The molecule has 0 nitrogen and oxygen atoms in total. The second-order valence-electron chi connectivity index (χ2n) is 6.77. The van der Waals surface area contributed by atoms with Crippen LogP contribution in [0.3, 0.4) is 0 Å². The van der Waals surface area contributed by atoms with Gasteiger partial charge in [0.05, 0.1) is 0 Å². The second kappa shape index (κ2) is 5.39. The van der Waals surface area contributed by atoms with Crippen molar-refractivity contribution in [1.82, 2.24) is 0 Å². The first kappa shape index (κ1) is 14.8. The van der Waals surface area contributed by atoms with Crippen molar-refractivity contribution in [2.45, 2.75) is 33.1 Å². The molecule has 0 fully saturated rings. The molecule has 1 aromatic heterocycles. The van der Waals surface area contributed by atoms with E-state index in [1.54, 1.807) is 16.2 Å². The van der Waals surface area contributed by atoms with Crippen LogP contribution in [0, 0.1) is 20.8 Å². The Morgan fingerprint density at radius 1 is 0.783 bits per heavy atom. The molecule has 23 heavy (non-hydrogen) atoms. The maximum atomic E-state index is 2.44. The van der Waals surface area contributed by atoms with Gasteiger partial charge in [0.25, 0.3) is 0 Å². The summed E-state index contributed by atoms with van der Waals surface area (Å²) < 4.78 is 0. The van der Waals surface area contributed by atoms with Crippen molar-refractivity contribution in [1.29, 1.82) is 0 Å². The molecule has 116 valence electrons. The van der Waals surface area contributed by atoms with E-state index in [1.807, 2.05) is 0 Å². The standard InChI is InChI=1S/C22H23P/c1-14-15(2)22(23(4)16(14)3)13-21-19-11-7-5-9-17(19)18-10-6-8-12-20(18)21/h5-12,21H,13H2,1-4H3. The van der Waals surface area contributed by atoms with E-state index in [0.717, 1.165) is 0 Å². The minimum atomic E-state index is -0.104. The summed E-state index contributed by atoms with van der Waals surface area (Å²) in [6.45, 7) is 9.39. The third kappa shape index (κ3) is 2.12. The molecular weight excluding hydrogens is 295 g/mol. The van der Waals surface area contributed by atoms with E-state index in [9.17, 15) is 0 Å². The molecule has 0 spiro atoms. The summed E-state index contributed by atoms with van der Waals surface area (Å²) in [7, 11) is -0.104. The summed E-state index contributed by atoms with van der Waals surface area (Å²) in [6, 6.07) is 17.9. The molecular formula is C22H23P. The summed E-state index contributed by atoms with van der Waals surface area (Å²) >= 11 is 0. The zero-order valence-electron chi connectivity index (χ0n) is 14.4. The number of fused-ring (bicyclic) bond motifs is 3. The first-order valence-electron chi connectivity index (χ1n) is 8.39. The summed E-state index contributed by atoms with van der Waals surface area (Å²) in [4.78, 5) is 0. The van der Waals surface area contributed by atoms with Crippen molar-refractivity contribution in [3.05, 3.63) is 81.4 Å². The smallest absolute Gasteiger partial charge is 0.0145 e. The molecule has 1 heteroatoms. The van der Waals surface area contributed by atoms with Crippen LogP contribution in [0.2, 0.25) is 0 Å². The van der Waals surface area contributed by atoms with Crippen LogP contribution in [0.25, 0.3) is 11.1 Å². The van der Waals surface area contributed by atoms with Gasteiger partial charge < -0.3 is 0 Å². The number of hydrogen-bond acceptors (Lipinski definition) is 0. The molecule has 0 saturated carbocycles. The molecule has 4 rings (SSSR count). The van der Waals surface area contributed by atoms with Crippen LogP contribution in [-0.4, -0.2) is 0 Å². The highest BCUT2D eigenvalue weighted by atomic mass is 31.1. The maximum Gasteiger partial charge on any atom is 0.0145 e. The Morgan fingerprint density at radius 3 is 1.78 bits per heavy atom. The minimum absolute atomic E-state index is 0.104. The minimum Gasteiger partial charge on any atom is -0.121 e. The lowest BCUT2D eigenvalue weighted by Gasteiger charge is -2.15. The average Bonchev–Trinajstić information content (AvgIpc) is 2.99. The van der Waals surface area contributed by atoms with E-state index in [4.69, 9.17) is 0 Å². The Balaban J connectivity index is 1.86. The molecule has 1 atom stereocenters. The van der Waals surface area contributed by atoms with Gasteiger partial charge in [0.15, 0.2) is 0 Å². The van der Waals surface area contributed by atoms with Crippen LogP contribution < -0.4 is 0 Å². The van der Waals surface area contributed by atoms with Gasteiger partial charge in [-0.05, 0) is 77.8 Å². The molecule has 0 bridgehead atoms. The second-order valence-corrected chi connectivity index (χ2v) is 9.10. The van der Waals surface area contributed by atoms with Gasteiger partial charge in [-0.15, -0.1) is 7.53 Å². The van der Waals surface area contributed by atoms with E-state index in [2.05, 4.69) is 76.0 Å². The highest BCUT2D eigenvalue weighted by Crippen LogP contribution is 2.50. The summed E-state index contributed by atoms with van der Waals surface area (Å²) in [5.74, 6) is 0.524. The van der Waals surface area contributed by atoms with E-state index < -0.39 is 0 Å². The predicted molar refractivity (Wildman–Crippen MR) is 102 cm³/mol. The Bertz CT molecular complexity index is 827. The van der Waals surface area contributed by atoms with Crippen molar-refractivity contribution in [3.63, 3.8) is 0 Å². The molecule has 0 saturated heterocycles.